The molecule has 8 heteroatoms. The highest BCUT2D eigenvalue weighted by molar-refractivity contribution is 5.97. The van der Waals surface area contributed by atoms with Crippen molar-refractivity contribution in [1.82, 2.24) is 15.4 Å². The van der Waals surface area contributed by atoms with E-state index in [1.165, 1.54) is 12.1 Å². The van der Waals surface area contributed by atoms with Crippen molar-refractivity contribution < 1.29 is 22.9 Å². The first-order valence-electron chi connectivity index (χ1n) is 9.83. The minimum Gasteiger partial charge on any atom is -0.355 e. The summed E-state index contributed by atoms with van der Waals surface area (Å²) in [7, 11) is 0. The van der Waals surface area contributed by atoms with Gasteiger partial charge in [-0.2, -0.15) is 0 Å². The molecule has 0 bridgehead atoms. The molecule has 0 saturated carbocycles. The van der Waals surface area contributed by atoms with E-state index in [0.29, 0.717) is 13.0 Å². The predicted octanol–water partition coefficient (Wildman–Crippen LogP) is 3.78. The largest absolute Gasteiger partial charge is 0.355 e. The van der Waals surface area contributed by atoms with Crippen LogP contribution in [0.4, 0.5) is 8.78 Å². The highest BCUT2D eigenvalue weighted by Gasteiger charge is 2.38. The van der Waals surface area contributed by atoms with E-state index in [2.05, 4.69) is 10.5 Å². The lowest BCUT2D eigenvalue weighted by atomic mass is 9.96. The average Bonchev–Trinajstić information content (AvgIpc) is 3.15. The van der Waals surface area contributed by atoms with Crippen molar-refractivity contribution in [3.8, 4) is 11.3 Å². The molecule has 29 heavy (non-hydrogen) atoms. The molecule has 2 amide bonds. The molecular weight excluding hydrogens is 380 g/mol. The van der Waals surface area contributed by atoms with Gasteiger partial charge < -0.3 is 14.7 Å². The zero-order valence-corrected chi connectivity index (χ0v) is 16.7. The number of nitrogens with one attached hydrogen (secondary N) is 1. The molecule has 1 aliphatic heterocycles. The number of benzene rings is 1. The van der Waals surface area contributed by atoms with Crippen molar-refractivity contribution in [1.29, 1.82) is 0 Å². The Morgan fingerprint density at radius 2 is 2.07 bits per heavy atom. The van der Waals surface area contributed by atoms with Crippen LogP contribution in [0.5, 0.6) is 0 Å². The van der Waals surface area contributed by atoms with Gasteiger partial charge in [0.1, 0.15) is 6.04 Å². The third kappa shape index (κ3) is 4.63. The van der Waals surface area contributed by atoms with Crippen LogP contribution in [-0.2, 0) is 4.79 Å². The molecule has 3 rings (SSSR count). The number of rotatable bonds is 6. The molecule has 1 aromatic heterocycles. The molecule has 0 spiro atoms. The Balaban J connectivity index is 1.86. The van der Waals surface area contributed by atoms with E-state index >= 15 is 0 Å². The third-order valence-electron chi connectivity index (χ3n) is 4.97. The summed E-state index contributed by atoms with van der Waals surface area (Å²) in [6.45, 7) is 6.39. The molecule has 0 aliphatic carbocycles. The van der Waals surface area contributed by atoms with Gasteiger partial charge in [-0.05, 0) is 37.0 Å². The van der Waals surface area contributed by atoms with Crippen LogP contribution in [0, 0.1) is 17.6 Å². The number of carbonyl (C=O) groups is 2. The molecule has 1 aliphatic rings. The molecule has 156 valence electrons. The number of piperazine rings is 1. The summed E-state index contributed by atoms with van der Waals surface area (Å²) in [6, 6.07) is 4.01. The van der Waals surface area contributed by atoms with Gasteiger partial charge in [0.2, 0.25) is 5.91 Å². The molecule has 2 unspecified atom stereocenters. The van der Waals surface area contributed by atoms with E-state index in [0.717, 1.165) is 25.0 Å². The fraction of sp³-hybridized carbons (Fsp3) is 0.476. The summed E-state index contributed by atoms with van der Waals surface area (Å²) in [5, 5.41) is 6.81. The maximum atomic E-state index is 13.5. The second-order valence-electron chi connectivity index (χ2n) is 7.80. The van der Waals surface area contributed by atoms with Crippen LogP contribution >= 0.6 is 0 Å². The molecule has 6 nitrogen and oxygen atoms in total. The van der Waals surface area contributed by atoms with Crippen LogP contribution in [0.2, 0.25) is 0 Å². The molecule has 1 saturated heterocycles. The summed E-state index contributed by atoms with van der Waals surface area (Å²) >= 11 is 0. The van der Waals surface area contributed by atoms with Crippen molar-refractivity contribution >= 4 is 11.8 Å². The van der Waals surface area contributed by atoms with Gasteiger partial charge in [-0.15, -0.1) is 0 Å². The summed E-state index contributed by atoms with van der Waals surface area (Å²) < 4.78 is 31.8. The van der Waals surface area contributed by atoms with Gasteiger partial charge in [0.15, 0.2) is 23.1 Å². The van der Waals surface area contributed by atoms with Crippen molar-refractivity contribution in [2.75, 3.05) is 6.54 Å². The van der Waals surface area contributed by atoms with Crippen LogP contribution in [0.15, 0.2) is 28.8 Å². The van der Waals surface area contributed by atoms with Gasteiger partial charge in [-0.1, -0.05) is 32.3 Å². The van der Waals surface area contributed by atoms with Crippen molar-refractivity contribution in [3.63, 3.8) is 0 Å². The van der Waals surface area contributed by atoms with Gasteiger partial charge >= 0.3 is 0 Å². The van der Waals surface area contributed by atoms with E-state index in [1.807, 2.05) is 20.8 Å². The average molecular weight is 405 g/mol. The van der Waals surface area contributed by atoms with Gasteiger partial charge in [0.25, 0.3) is 5.91 Å². The molecule has 2 atom stereocenters. The van der Waals surface area contributed by atoms with Gasteiger partial charge in [0.05, 0.1) is 0 Å². The van der Waals surface area contributed by atoms with Gasteiger partial charge in [-0.25, -0.2) is 8.78 Å². The number of halogens is 2. The Bertz CT molecular complexity index is 897. The van der Waals surface area contributed by atoms with E-state index in [1.54, 1.807) is 4.90 Å². The molecule has 1 fully saturated rings. The Labute approximate surface area is 168 Å². The van der Waals surface area contributed by atoms with Crippen LogP contribution in [0.1, 0.15) is 50.5 Å². The molecule has 2 heterocycles. The van der Waals surface area contributed by atoms with Crippen molar-refractivity contribution in [2.24, 2.45) is 5.92 Å². The minimum atomic E-state index is -1.01. The first-order valence-corrected chi connectivity index (χ1v) is 9.83. The number of hydrogen-bond donors (Lipinski definition) is 1. The smallest absolute Gasteiger partial charge is 0.276 e. The Morgan fingerprint density at radius 1 is 1.31 bits per heavy atom. The molecular formula is C21H25F2N3O3. The van der Waals surface area contributed by atoms with Gasteiger partial charge in [0, 0.05) is 24.2 Å². The lowest BCUT2D eigenvalue weighted by Gasteiger charge is -2.39. The van der Waals surface area contributed by atoms with Crippen LogP contribution in [-0.4, -0.2) is 40.5 Å². The highest BCUT2D eigenvalue weighted by Crippen LogP contribution is 2.25. The van der Waals surface area contributed by atoms with E-state index in [4.69, 9.17) is 4.52 Å². The van der Waals surface area contributed by atoms with Crippen LogP contribution < -0.4 is 5.32 Å². The third-order valence-corrected chi connectivity index (χ3v) is 4.97. The zero-order chi connectivity index (χ0) is 21.1. The molecule has 2 aromatic rings. The number of amides is 2. The van der Waals surface area contributed by atoms with Gasteiger partial charge in [-0.3, -0.25) is 9.59 Å². The quantitative estimate of drug-likeness (QED) is 0.794. The van der Waals surface area contributed by atoms with E-state index in [9.17, 15) is 18.4 Å². The fourth-order valence-electron chi connectivity index (χ4n) is 3.57. The second kappa shape index (κ2) is 8.71. The number of nitrogens with zero attached hydrogens (tertiary/aromatic N) is 2. The van der Waals surface area contributed by atoms with E-state index in [-0.39, 0.29) is 34.9 Å². The maximum Gasteiger partial charge on any atom is 0.276 e. The second-order valence-corrected chi connectivity index (χ2v) is 7.80. The summed E-state index contributed by atoms with van der Waals surface area (Å²) in [5.74, 6) is -2.19. The number of hydrogen-bond acceptors (Lipinski definition) is 4. The lowest BCUT2D eigenvalue weighted by molar-refractivity contribution is -0.130. The van der Waals surface area contributed by atoms with Crippen LogP contribution in [0.3, 0.4) is 0 Å². The SMILES string of the molecule is CCCC1CN(C(=O)c2cc(-c3ccc(F)c(F)c3)on2)C(CC(C)C)C(=O)N1. The number of carbonyl (C=O) groups excluding carboxylic acids is 2. The molecule has 0 radical (unpaired) electrons. The monoisotopic (exact) mass is 405 g/mol. The fourth-order valence-corrected chi connectivity index (χ4v) is 3.57. The topological polar surface area (TPSA) is 75.4 Å². The van der Waals surface area contributed by atoms with Crippen molar-refractivity contribution in [2.45, 2.75) is 52.1 Å². The summed E-state index contributed by atoms with van der Waals surface area (Å²) in [6.07, 6.45) is 2.18. The van der Waals surface area contributed by atoms with Crippen molar-refractivity contribution in [3.05, 3.63) is 41.6 Å². The molecule has 1 N–H and O–H groups in total. The Kier molecular flexibility index (Phi) is 6.30. The summed E-state index contributed by atoms with van der Waals surface area (Å²) in [4.78, 5) is 27.3. The molecule has 1 aromatic carbocycles. The predicted molar refractivity (Wildman–Crippen MR) is 103 cm³/mol. The normalized spacial score (nSPS) is 19.5. The van der Waals surface area contributed by atoms with E-state index < -0.39 is 23.6 Å². The highest BCUT2D eigenvalue weighted by atomic mass is 19.2. The van der Waals surface area contributed by atoms with Crippen LogP contribution in [0.25, 0.3) is 11.3 Å². The maximum absolute atomic E-state index is 13.5. The Hall–Kier alpha value is -2.77. The minimum absolute atomic E-state index is 0.0310. The lowest BCUT2D eigenvalue weighted by Crippen LogP contribution is -2.61. The number of aromatic nitrogens is 1. The first-order chi connectivity index (χ1) is 13.8. The summed E-state index contributed by atoms with van der Waals surface area (Å²) in [5.41, 5.74) is 0.304. The standard InChI is InChI=1S/C21H25F2N3O3/c1-4-5-14-11-26(18(8-12(2)3)20(27)24-14)21(28)17-10-19(29-25-17)13-6-7-15(22)16(23)9-13/h6-7,9-10,12,14,18H,4-5,8,11H2,1-3H3,(H,24,27). The first kappa shape index (κ1) is 21.0. The Morgan fingerprint density at radius 3 is 2.72 bits per heavy atom. The zero-order valence-electron chi connectivity index (χ0n) is 16.7.